The van der Waals surface area contributed by atoms with E-state index in [2.05, 4.69) is 34.8 Å². The first-order chi connectivity index (χ1) is 9.54. The van der Waals surface area contributed by atoms with Crippen molar-refractivity contribution in [2.75, 3.05) is 20.1 Å². The summed E-state index contributed by atoms with van der Waals surface area (Å²) in [5.41, 5.74) is 0.849. The maximum Gasteiger partial charge on any atom is 0.287 e. The lowest BCUT2D eigenvalue weighted by atomic mass is 10.2. The van der Waals surface area contributed by atoms with Crippen LogP contribution >= 0.6 is 24.0 Å². The van der Waals surface area contributed by atoms with Gasteiger partial charge in [-0.05, 0) is 33.3 Å². The number of hydrogen-bond donors (Lipinski definition) is 3. The summed E-state index contributed by atoms with van der Waals surface area (Å²) in [6.45, 7) is 7.29. The molecular formula is C14H25IN4O2. The summed E-state index contributed by atoms with van der Waals surface area (Å²) in [5, 5.41) is 9.21. The Labute approximate surface area is 143 Å². The topological polar surface area (TPSA) is 78.7 Å². The Morgan fingerprint density at radius 2 is 2.00 bits per heavy atom. The molecule has 0 saturated heterocycles. The van der Waals surface area contributed by atoms with Gasteiger partial charge in [-0.2, -0.15) is 0 Å². The molecular weight excluding hydrogens is 383 g/mol. The molecule has 0 atom stereocenters. The van der Waals surface area contributed by atoms with Crippen LogP contribution in [-0.2, 0) is 0 Å². The highest BCUT2D eigenvalue weighted by atomic mass is 127. The average molecular weight is 408 g/mol. The van der Waals surface area contributed by atoms with Gasteiger partial charge < -0.3 is 20.4 Å². The molecule has 0 aliphatic rings. The summed E-state index contributed by atoms with van der Waals surface area (Å²) in [6, 6.07) is 2.11. The van der Waals surface area contributed by atoms with Gasteiger partial charge in [0.15, 0.2) is 11.7 Å². The first kappa shape index (κ1) is 19.8. The van der Waals surface area contributed by atoms with E-state index in [4.69, 9.17) is 4.42 Å². The Kier molecular flexibility index (Phi) is 9.85. The highest BCUT2D eigenvalue weighted by Crippen LogP contribution is 2.07. The number of hydrogen-bond acceptors (Lipinski definition) is 3. The van der Waals surface area contributed by atoms with Crippen LogP contribution in [0, 0.1) is 6.92 Å². The van der Waals surface area contributed by atoms with Crippen LogP contribution in [0.1, 0.15) is 36.4 Å². The minimum absolute atomic E-state index is 0. The van der Waals surface area contributed by atoms with Crippen LogP contribution in [0.25, 0.3) is 0 Å². The summed E-state index contributed by atoms with van der Waals surface area (Å²) >= 11 is 0. The Morgan fingerprint density at radius 3 is 2.52 bits per heavy atom. The molecule has 120 valence electrons. The van der Waals surface area contributed by atoms with Gasteiger partial charge in [-0.15, -0.1) is 24.0 Å². The van der Waals surface area contributed by atoms with Crippen LogP contribution in [-0.4, -0.2) is 38.0 Å². The Hall–Kier alpha value is -1.25. The minimum Gasteiger partial charge on any atom is -0.459 e. The van der Waals surface area contributed by atoms with Gasteiger partial charge in [0.05, 0.1) is 6.26 Å². The van der Waals surface area contributed by atoms with E-state index in [0.717, 1.165) is 24.5 Å². The molecule has 1 amide bonds. The second kappa shape index (κ2) is 10.5. The number of furan rings is 1. The Balaban J connectivity index is 0.00000400. The fraction of sp³-hybridized carbons (Fsp3) is 0.571. The SMILES string of the molecule is CN=C(NCCCNC(=O)c1occc1C)NC(C)C.I. The highest BCUT2D eigenvalue weighted by Gasteiger charge is 2.11. The number of guanidine groups is 1. The van der Waals surface area contributed by atoms with Gasteiger partial charge in [-0.25, -0.2) is 0 Å². The van der Waals surface area contributed by atoms with Gasteiger partial charge in [-0.1, -0.05) is 0 Å². The van der Waals surface area contributed by atoms with E-state index >= 15 is 0 Å². The van der Waals surface area contributed by atoms with Crippen molar-refractivity contribution < 1.29 is 9.21 Å². The maximum absolute atomic E-state index is 11.8. The van der Waals surface area contributed by atoms with Crippen molar-refractivity contribution in [3.63, 3.8) is 0 Å². The van der Waals surface area contributed by atoms with E-state index in [0.29, 0.717) is 18.3 Å². The lowest BCUT2D eigenvalue weighted by Crippen LogP contribution is -2.42. The molecule has 0 bridgehead atoms. The molecule has 0 aromatic carbocycles. The molecule has 1 rings (SSSR count). The van der Waals surface area contributed by atoms with Crippen molar-refractivity contribution in [1.82, 2.24) is 16.0 Å². The molecule has 0 fully saturated rings. The number of carbonyl (C=O) groups is 1. The molecule has 7 heteroatoms. The molecule has 3 N–H and O–H groups in total. The van der Waals surface area contributed by atoms with Crippen molar-refractivity contribution >= 4 is 35.8 Å². The third-order valence-electron chi connectivity index (χ3n) is 2.65. The Morgan fingerprint density at radius 1 is 1.33 bits per heavy atom. The molecule has 0 spiro atoms. The molecule has 0 saturated carbocycles. The van der Waals surface area contributed by atoms with Crippen LogP contribution < -0.4 is 16.0 Å². The highest BCUT2D eigenvalue weighted by molar-refractivity contribution is 14.0. The van der Waals surface area contributed by atoms with Crippen LogP contribution in [0.3, 0.4) is 0 Å². The predicted octanol–water partition coefficient (Wildman–Crippen LogP) is 1.90. The summed E-state index contributed by atoms with van der Waals surface area (Å²) in [5.74, 6) is 0.987. The zero-order chi connectivity index (χ0) is 15.0. The fourth-order valence-corrected chi connectivity index (χ4v) is 1.65. The second-order valence-electron chi connectivity index (χ2n) is 4.84. The van der Waals surface area contributed by atoms with Crippen molar-refractivity contribution in [3.8, 4) is 0 Å². The zero-order valence-corrected chi connectivity index (χ0v) is 15.4. The maximum atomic E-state index is 11.8. The first-order valence-corrected chi connectivity index (χ1v) is 6.84. The van der Waals surface area contributed by atoms with Gasteiger partial charge in [0, 0.05) is 31.7 Å². The fourth-order valence-electron chi connectivity index (χ4n) is 1.65. The van der Waals surface area contributed by atoms with Crippen molar-refractivity contribution in [2.24, 2.45) is 4.99 Å². The number of halogens is 1. The molecule has 0 unspecified atom stereocenters. The normalized spacial score (nSPS) is 11.0. The van der Waals surface area contributed by atoms with Gasteiger partial charge in [0.2, 0.25) is 0 Å². The summed E-state index contributed by atoms with van der Waals surface area (Å²) in [6.07, 6.45) is 2.33. The number of aliphatic imine (C=N–C) groups is 1. The van der Waals surface area contributed by atoms with E-state index < -0.39 is 0 Å². The van der Waals surface area contributed by atoms with Crippen LogP contribution in [0.15, 0.2) is 21.7 Å². The van der Waals surface area contributed by atoms with Gasteiger partial charge >= 0.3 is 0 Å². The third kappa shape index (κ3) is 7.35. The quantitative estimate of drug-likeness (QED) is 0.291. The van der Waals surface area contributed by atoms with E-state index in [1.54, 1.807) is 13.1 Å². The minimum atomic E-state index is -0.169. The van der Waals surface area contributed by atoms with Crippen molar-refractivity contribution in [1.29, 1.82) is 0 Å². The molecule has 0 aliphatic carbocycles. The van der Waals surface area contributed by atoms with Crippen LogP contribution in [0.2, 0.25) is 0 Å². The molecule has 1 heterocycles. The van der Waals surface area contributed by atoms with Crippen molar-refractivity contribution in [3.05, 3.63) is 23.7 Å². The van der Waals surface area contributed by atoms with Crippen molar-refractivity contribution in [2.45, 2.75) is 33.2 Å². The van der Waals surface area contributed by atoms with Gasteiger partial charge in [-0.3, -0.25) is 9.79 Å². The predicted molar refractivity (Wildman–Crippen MR) is 95.4 cm³/mol. The van der Waals surface area contributed by atoms with Crippen LogP contribution in [0.4, 0.5) is 0 Å². The number of amides is 1. The number of nitrogens with zero attached hydrogens (tertiary/aromatic N) is 1. The molecule has 1 aromatic rings. The van der Waals surface area contributed by atoms with Gasteiger partial charge in [0.25, 0.3) is 5.91 Å². The number of nitrogens with one attached hydrogen (secondary N) is 3. The molecule has 6 nitrogen and oxygen atoms in total. The third-order valence-corrected chi connectivity index (χ3v) is 2.65. The zero-order valence-electron chi connectivity index (χ0n) is 13.0. The summed E-state index contributed by atoms with van der Waals surface area (Å²) in [4.78, 5) is 15.9. The van der Waals surface area contributed by atoms with Crippen LogP contribution in [0.5, 0.6) is 0 Å². The molecule has 21 heavy (non-hydrogen) atoms. The summed E-state index contributed by atoms with van der Waals surface area (Å²) in [7, 11) is 1.74. The monoisotopic (exact) mass is 408 g/mol. The van der Waals surface area contributed by atoms with E-state index in [1.807, 2.05) is 6.92 Å². The first-order valence-electron chi connectivity index (χ1n) is 6.84. The molecule has 0 radical (unpaired) electrons. The summed E-state index contributed by atoms with van der Waals surface area (Å²) < 4.78 is 5.13. The lowest BCUT2D eigenvalue weighted by molar-refractivity contribution is 0.0925. The average Bonchev–Trinajstić information content (AvgIpc) is 2.82. The second-order valence-corrected chi connectivity index (χ2v) is 4.84. The lowest BCUT2D eigenvalue weighted by Gasteiger charge is -2.14. The largest absolute Gasteiger partial charge is 0.459 e. The number of carbonyl (C=O) groups excluding carboxylic acids is 1. The van der Waals surface area contributed by atoms with E-state index in [9.17, 15) is 4.79 Å². The number of rotatable bonds is 6. The van der Waals surface area contributed by atoms with E-state index in [1.165, 1.54) is 6.26 Å². The molecule has 1 aromatic heterocycles. The smallest absolute Gasteiger partial charge is 0.287 e. The molecule has 0 aliphatic heterocycles. The number of aryl methyl sites for hydroxylation is 1. The van der Waals surface area contributed by atoms with E-state index in [-0.39, 0.29) is 29.9 Å². The standard InChI is InChI=1S/C14H24N4O2.HI/c1-10(2)18-14(15-4)17-8-5-7-16-13(19)12-11(3)6-9-20-12;/h6,9-10H,5,7-8H2,1-4H3,(H,16,19)(H2,15,17,18);1H. The van der Waals surface area contributed by atoms with Gasteiger partial charge in [0.1, 0.15) is 0 Å². The Bertz CT molecular complexity index is 458.